The summed E-state index contributed by atoms with van der Waals surface area (Å²) in [6.45, 7) is 8.77. The molecule has 3 N–H and O–H groups in total. The van der Waals surface area contributed by atoms with Gasteiger partial charge in [0.05, 0.1) is 0 Å². The normalized spacial score (nSPS) is 22.9. The average molecular weight is 288 g/mol. The molecule has 3 heteroatoms. The predicted molar refractivity (Wildman–Crippen MR) is 88.3 cm³/mol. The molecule has 1 aromatic rings. The molecule has 0 aliphatic heterocycles. The minimum absolute atomic E-state index is 0.0148. The van der Waals surface area contributed by atoms with Gasteiger partial charge in [-0.05, 0) is 48.8 Å². The summed E-state index contributed by atoms with van der Waals surface area (Å²) in [5.74, 6) is 0.553. The lowest BCUT2D eigenvalue weighted by molar-refractivity contribution is 0.0829. The third-order valence-electron chi connectivity index (χ3n) is 4.70. The van der Waals surface area contributed by atoms with Gasteiger partial charge in [0.2, 0.25) is 0 Å². The van der Waals surface area contributed by atoms with E-state index in [0.29, 0.717) is 17.2 Å². The van der Waals surface area contributed by atoms with Crippen molar-refractivity contribution in [3.8, 4) is 0 Å². The summed E-state index contributed by atoms with van der Waals surface area (Å²) in [7, 11) is 0. The van der Waals surface area contributed by atoms with Crippen LogP contribution in [-0.4, -0.2) is 11.9 Å². The first-order valence-corrected chi connectivity index (χ1v) is 7.96. The fourth-order valence-corrected chi connectivity index (χ4v) is 3.47. The van der Waals surface area contributed by atoms with Crippen molar-refractivity contribution >= 4 is 11.6 Å². The standard InChI is InChI=1S/C18H28N2O/c1-12-9-10-13(19)11-14(12)17(21)20-16-8-6-5-7-15(16)18(2,3)4/h9-11,15-16H,5-8,19H2,1-4H3,(H,20,21). The third-order valence-corrected chi connectivity index (χ3v) is 4.70. The van der Waals surface area contributed by atoms with Crippen LogP contribution in [0.4, 0.5) is 5.69 Å². The van der Waals surface area contributed by atoms with Crippen molar-refractivity contribution in [1.82, 2.24) is 5.32 Å². The highest BCUT2D eigenvalue weighted by molar-refractivity contribution is 5.96. The molecule has 1 fully saturated rings. The van der Waals surface area contributed by atoms with Crippen LogP contribution in [0.5, 0.6) is 0 Å². The molecule has 1 aliphatic rings. The number of nitrogens with one attached hydrogen (secondary N) is 1. The molecule has 2 unspecified atom stereocenters. The van der Waals surface area contributed by atoms with Gasteiger partial charge in [-0.3, -0.25) is 4.79 Å². The quantitative estimate of drug-likeness (QED) is 0.811. The Morgan fingerprint density at radius 2 is 1.90 bits per heavy atom. The van der Waals surface area contributed by atoms with Gasteiger partial charge in [0.1, 0.15) is 0 Å². The summed E-state index contributed by atoms with van der Waals surface area (Å²) in [5.41, 5.74) is 8.36. The monoisotopic (exact) mass is 288 g/mol. The van der Waals surface area contributed by atoms with E-state index in [9.17, 15) is 4.79 Å². The van der Waals surface area contributed by atoms with Crippen LogP contribution in [0.1, 0.15) is 62.4 Å². The number of rotatable bonds is 2. The molecule has 1 saturated carbocycles. The van der Waals surface area contributed by atoms with Gasteiger partial charge in [-0.1, -0.05) is 39.7 Å². The van der Waals surface area contributed by atoms with Crippen LogP contribution in [0.25, 0.3) is 0 Å². The molecule has 1 amide bonds. The van der Waals surface area contributed by atoms with Crippen LogP contribution < -0.4 is 11.1 Å². The van der Waals surface area contributed by atoms with Gasteiger partial charge in [-0.25, -0.2) is 0 Å². The van der Waals surface area contributed by atoms with Crippen molar-refractivity contribution in [1.29, 1.82) is 0 Å². The molecule has 0 radical (unpaired) electrons. The van der Waals surface area contributed by atoms with E-state index in [1.54, 1.807) is 6.07 Å². The lowest BCUT2D eigenvalue weighted by atomic mass is 9.69. The highest BCUT2D eigenvalue weighted by Crippen LogP contribution is 2.38. The first kappa shape index (κ1) is 15.9. The van der Waals surface area contributed by atoms with Gasteiger partial charge in [0.25, 0.3) is 5.91 Å². The maximum absolute atomic E-state index is 12.6. The summed E-state index contributed by atoms with van der Waals surface area (Å²) in [4.78, 5) is 12.6. The smallest absolute Gasteiger partial charge is 0.251 e. The van der Waals surface area contributed by atoms with Crippen molar-refractivity contribution in [2.45, 2.75) is 59.4 Å². The average Bonchev–Trinajstić information content (AvgIpc) is 2.41. The Kier molecular flexibility index (Phi) is 4.60. The summed E-state index contributed by atoms with van der Waals surface area (Å²) < 4.78 is 0. The van der Waals surface area contributed by atoms with E-state index in [1.807, 2.05) is 19.1 Å². The molecule has 0 aromatic heterocycles. The van der Waals surface area contributed by atoms with Crippen LogP contribution in [0, 0.1) is 18.3 Å². The van der Waals surface area contributed by atoms with Gasteiger partial charge < -0.3 is 11.1 Å². The van der Waals surface area contributed by atoms with Crippen molar-refractivity contribution in [3.63, 3.8) is 0 Å². The highest BCUT2D eigenvalue weighted by Gasteiger charge is 2.35. The highest BCUT2D eigenvalue weighted by atomic mass is 16.1. The van der Waals surface area contributed by atoms with Crippen LogP contribution in [0.3, 0.4) is 0 Å². The summed E-state index contributed by atoms with van der Waals surface area (Å²) in [6.07, 6.45) is 4.75. The largest absolute Gasteiger partial charge is 0.399 e. The van der Waals surface area contributed by atoms with Gasteiger partial charge in [0.15, 0.2) is 0 Å². The minimum atomic E-state index is 0.0148. The van der Waals surface area contributed by atoms with Crippen molar-refractivity contribution in [2.75, 3.05) is 5.73 Å². The van der Waals surface area contributed by atoms with Crippen molar-refractivity contribution < 1.29 is 4.79 Å². The van der Waals surface area contributed by atoms with Crippen molar-refractivity contribution in [2.24, 2.45) is 11.3 Å². The zero-order valence-electron chi connectivity index (χ0n) is 13.7. The number of carbonyl (C=O) groups is 1. The summed E-state index contributed by atoms with van der Waals surface area (Å²) in [5, 5.41) is 3.27. The predicted octanol–water partition coefficient (Wildman–Crippen LogP) is 3.91. The Labute approximate surface area is 128 Å². The number of nitrogen functional groups attached to an aromatic ring is 1. The summed E-state index contributed by atoms with van der Waals surface area (Å²) >= 11 is 0. The molecular formula is C18H28N2O. The zero-order chi connectivity index (χ0) is 15.6. The van der Waals surface area contributed by atoms with Crippen LogP contribution >= 0.6 is 0 Å². The van der Waals surface area contributed by atoms with Crippen LogP contribution in [0.2, 0.25) is 0 Å². The molecule has 3 nitrogen and oxygen atoms in total. The maximum Gasteiger partial charge on any atom is 0.251 e. The molecule has 0 saturated heterocycles. The number of nitrogens with two attached hydrogens (primary N) is 1. The topological polar surface area (TPSA) is 55.1 Å². The van der Waals surface area contributed by atoms with Gasteiger partial charge in [-0.2, -0.15) is 0 Å². The molecule has 2 rings (SSSR count). The van der Waals surface area contributed by atoms with Crippen LogP contribution in [0.15, 0.2) is 18.2 Å². The first-order valence-electron chi connectivity index (χ1n) is 7.96. The van der Waals surface area contributed by atoms with E-state index >= 15 is 0 Å². The van der Waals surface area contributed by atoms with E-state index in [2.05, 4.69) is 26.1 Å². The van der Waals surface area contributed by atoms with E-state index in [1.165, 1.54) is 19.3 Å². The zero-order valence-corrected chi connectivity index (χ0v) is 13.7. The molecule has 1 aliphatic carbocycles. The van der Waals surface area contributed by atoms with E-state index in [0.717, 1.165) is 12.0 Å². The van der Waals surface area contributed by atoms with Crippen molar-refractivity contribution in [3.05, 3.63) is 29.3 Å². The van der Waals surface area contributed by atoms with Gasteiger partial charge in [0, 0.05) is 17.3 Å². The second-order valence-electron chi connectivity index (χ2n) is 7.41. The third kappa shape index (κ3) is 3.78. The Hall–Kier alpha value is -1.51. The lowest BCUT2D eigenvalue weighted by Gasteiger charge is -2.40. The molecule has 116 valence electrons. The molecular weight excluding hydrogens is 260 g/mol. The Morgan fingerprint density at radius 3 is 2.57 bits per heavy atom. The van der Waals surface area contributed by atoms with Gasteiger partial charge >= 0.3 is 0 Å². The molecule has 0 spiro atoms. The number of anilines is 1. The van der Waals surface area contributed by atoms with E-state index in [-0.39, 0.29) is 17.4 Å². The minimum Gasteiger partial charge on any atom is -0.399 e. The number of carbonyl (C=O) groups excluding carboxylic acids is 1. The Balaban J connectivity index is 2.15. The van der Waals surface area contributed by atoms with Crippen LogP contribution in [-0.2, 0) is 0 Å². The Bertz CT molecular complexity index is 516. The molecule has 1 aromatic carbocycles. The SMILES string of the molecule is Cc1ccc(N)cc1C(=O)NC1CCCCC1C(C)(C)C. The number of hydrogen-bond donors (Lipinski definition) is 2. The Morgan fingerprint density at radius 1 is 1.24 bits per heavy atom. The number of aryl methyl sites for hydroxylation is 1. The van der Waals surface area contributed by atoms with Gasteiger partial charge in [-0.15, -0.1) is 0 Å². The lowest BCUT2D eigenvalue weighted by Crippen LogP contribution is -2.46. The fourth-order valence-electron chi connectivity index (χ4n) is 3.47. The maximum atomic E-state index is 12.6. The molecule has 2 atom stereocenters. The molecule has 21 heavy (non-hydrogen) atoms. The van der Waals surface area contributed by atoms with E-state index in [4.69, 9.17) is 5.73 Å². The summed E-state index contributed by atoms with van der Waals surface area (Å²) in [6, 6.07) is 5.79. The number of amides is 1. The second kappa shape index (κ2) is 6.08. The first-order chi connectivity index (χ1) is 9.79. The second-order valence-corrected chi connectivity index (χ2v) is 7.41. The van der Waals surface area contributed by atoms with E-state index < -0.39 is 0 Å². The number of hydrogen-bond acceptors (Lipinski definition) is 2. The fraction of sp³-hybridized carbons (Fsp3) is 0.611. The molecule has 0 bridgehead atoms. The number of benzene rings is 1. The molecule has 0 heterocycles.